The minimum atomic E-state index is 0.0694. The van der Waals surface area contributed by atoms with Gasteiger partial charge in [0.1, 0.15) is 0 Å². The van der Waals surface area contributed by atoms with Crippen LogP contribution in [0.15, 0.2) is 0 Å². The number of hydrogen-bond acceptors (Lipinski definition) is 6. The second kappa shape index (κ2) is 14.6. The van der Waals surface area contributed by atoms with Gasteiger partial charge in [-0.25, -0.2) is 0 Å². The lowest BCUT2D eigenvalue weighted by molar-refractivity contribution is -0.124. The van der Waals surface area contributed by atoms with Crippen molar-refractivity contribution >= 4 is 5.91 Å². The fourth-order valence-corrected chi connectivity index (χ4v) is 2.28. The smallest absolute Gasteiger partial charge is 0.222 e. The minimum absolute atomic E-state index is 0.0694. The average Bonchev–Trinajstić information content (AvgIpc) is 2.62. The molecule has 0 bridgehead atoms. The van der Waals surface area contributed by atoms with Gasteiger partial charge in [0.05, 0.1) is 39.6 Å². The monoisotopic (exact) mass is 345 g/mol. The molecule has 7 heteroatoms. The van der Waals surface area contributed by atoms with Gasteiger partial charge in [-0.2, -0.15) is 0 Å². The number of nitrogens with one attached hydrogen (secondary N) is 2. The van der Waals surface area contributed by atoms with Crippen LogP contribution in [0.5, 0.6) is 0 Å². The van der Waals surface area contributed by atoms with Crippen molar-refractivity contribution in [2.24, 2.45) is 5.92 Å². The van der Waals surface area contributed by atoms with Gasteiger partial charge in [0.15, 0.2) is 0 Å². The van der Waals surface area contributed by atoms with E-state index >= 15 is 0 Å². The lowest BCUT2D eigenvalue weighted by Gasteiger charge is -2.26. The molecule has 1 heterocycles. The Morgan fingerprint density at radius 2 is 1.62 bits per heavy atom. The summed E-state index contributed by atoms with van der Waals surface area (Å²) < 4.78 is 16.4. The van der Waals surface area contributed by atoms with Crippen LogP contribution in [0, 0.1) is 5.92 Å². The molecule has 1 fully saturated rings. The van der Waals surface area contributed by atoms with Gasteiger partial charge in [-0.3, -0.25) is 9.69 Å². The van der Waals surface area contributed by atoms with E-state index in [0.717, 1.165) is 45.8 Å². The lowest BCUT2D eigenvalue weighted by Crippen LogP contribution is -2.44. The fraction of sp³-hybridized carbons (Fsp3) is 0.941. The molecule has 1 aliphatic heterocycles. The summed E-state index contributed by atoms with van der Waals surface area (Å²) in [5.41, 5.74) is 0. The Morgan fingerprint density at radius 3 is 2.25 bits per heavy atom. The first-order valence-electron chi connectivity index (χ1n) is 9.18. The normalized spacial score (nSPS) is 16.9. The number of hydrogen-bond donors (Lipinski definition) is 2. The predicted octanol–water partition coefficient (Wildman–Crippen LogP) is 0.104. The maximum absolute atomic E-state index is 11.5. The molecule has 1 amide bonds. The lowest BCUT2D eigenvalue weighted by atomic mass is 10.1. The summed E-state index contributed by atoms with van der Waals surface area (Å²) in [6, 6.07) is 0. The second-order valence-corrected chi connectivity index (χ2v) is 6.03. The summed E-state index contributed by atoms with van der Waals surface area (Å²) in [7, 11) is 0. The number of rotatable bonds is 14. The van der Waals surface area contributed by atoms with Crippen LogP contribution in [0.2, 0.25) is 0 Å². The quantitative estimate of drug-likeness (QED) is 0.435. The van der Waals surface area contributed by atoms with Crippen molar-refractivity contribution in [2.75, 3.05) is 78.9 Å². The number of carbonyl (C=O) groups excluding carboxylic acids is 1. The molecule has 1 aliphatic rings. The van der Waals surface area contributed by atoms with E-state index in [0.29, 0.717) is 39.6 Å². The molecule has 0 aromatic carbocycles. The molecule has 7 nitrogen and oxygen atoms in total. The van der Waals surface area contributed by atoms with Gasteiger partial charge in [0.25, 0.3) is 0 Å². The van der Waals surface area contributed by atoms with E-state index in [1.165, 1.54) is 0 Å². The highest BCUT2D eigenvalue weighted by Gasteiger charge is 2.09. The van der Waals surface area contributed by atoms with Gasteiger partial charge in [-0.1, -0.05) is 13.8 Å². The van der Waals surface area contributed by atoms with Crippen LogP contribution in [0.4, 0.5) is 0 Å². The van der Waals surface area contributed by atoms with Crippen LogP contribution in [0.1, 0.15) is 20.3 Å². The van der Waals surface area contributed by atoms with Gasteiger partial charge in [-0.15, -0.1) is 0 Å². The summed E-state index contributed by atoms with van der Waals surface area (Å²) in [6.45, 7) is 13.4. The molecule has 0 aromatic rings. The van der Waals surface area contributed by atoms with Crippen LogP contribution < -0.4 is 10.6 Å². The van der Waals surface area contributed by atoms with Gasteiger partial charge in [0.2, 0.25) is 5.91 Å². The Kier molecular flexibility index (Phi) is 13.0. The zero-order valence-corrected chi connectivity index (χ0v) is 15.3. The Labute approximate surface area is 146 Å². The molecule has 1 atom stereocenters. The summed E-state index contributed by atoms with van der Waals surface area (Å²) >= 11 is 0. The summed E-state index contributed by atoms with van der Waals surface area (Å²) in [5.74, 6) is 0.162. The molecule has 0 saturated carbocycles. The molecule has 2 N–H and O–H groups in total. The van der Waals surface area contributed by atoms with E-state index in [2.05, 4.69) is 15.5 Å². The van der Waals surface area contributed by atoms with Crippen molar-refractivity contribution in [3.05, 3.63) is 0 Å². The molecular weight excluding hydrogens is 310 g/mol. The predicted molar refractivity (Wildman–Crippen MR) is 94.2 cm³/mol. The number of piperazine rings is 1. The number of ether oxygens (including phenoxy) is 3. The van der Waals surface area contributed by atoms with Crippen LogP contribution >= 0.6 is 0 Å². The Bertz CT molecular complexity index is 312. The molecule has 1 rings (SSSR count). The highest BCUT2D eigenvalue weighted by molar-refractivity contribution is 5.78. The third-order valence-corrected chi connectivity index (χ3v) is 4.11. The van der Waals surface area contributed by atoms with E-state index in [1.54, 1.807) is 0 Å². The number of nitrogens with zero attached hydrogens (tertiary/aromatic N) is 1. The molecule has 0 aliphatic carbocycles. The number of carbonyl (C=O) groups is 1. The third-order valence-electron chi connectivity index (χ3n) is 4.11. The standard InChI is InChI=1S/C17H35N3O4/c1-3-16(2)17(21)19-6-10-22-12-14-24-15-13-23-11-9-20-7-4-18-5-8-20/h16,18H,3-15H2,1-2H3,(H,19,21). The maximum atomic E-state index is 11.5. The van der Waals surface area contributed by atoms with Gasteiger partial charge in [-0.05, 0) is 6.42 Å². The molecule has 1 unspecified atom stereocenters. The zero-order valence-electron chi connectivity index (χ0n) is 15.3. The Morgan fingerprint density at radius 1 is 1.04 bits per heavy atom. The summed E-state index contributed by atoms with van der Waals surface area (Å²) in [6.07, 6.45) is 0.859. The van der Waals surface area contributed by atoms with Crippen LogP contribution in [-0.2, 0) is 19.0 Å². The molecule has 24 heavy (non-hydrogen) atoms. The van der Waals surface area contributed by atoms with Crippen molar-refractivity contribution in [3.63, 3.8) is 0 Å². The zero-order chi connectivity index (χ0) is 17.5. The van der Waals surface area contributed by atoms with E-state index in [-0.39, 0.29) is 11.8 Å². The molecule has 0 radical (unpaired) electrons. The van der Waals surface area contributed by atoms with Gasteiger partial charge < -0.3 is 24.8 Å². The number of amides is 1. The summed E-state index contributed by atoms with van der Waals surface area (Å²) in [4.78, 5) is 13.9. The fourth-order valence-electron chi connectivity index (χ4n) is 2.28. The largest absolute Gasteiger partial charge is 0.378 e. The highest BCUT2D eigenvalue weighted by Crippen LogP contribution is 1.98. The molecule has 1 saturated heterocycles. The van der Waals surface area contributed by atoms with E-state index in [9.17, 15) is 4.79 Å². The second-order valence-electron chi connectivity index (χ2n) is 6.03. The van der Waals surface area contributed by atoms with Gasteiger partial charge in [0, 0.05) is 45.2 Å². The van der Waals surface area contributed by atoms with Crippen molar-refractivity contribution in [3.8, 4) is 0 Å². The Hall–Kier alpha value is -0.730. The summed E-state index contributed by atoms with van der Waals surface area (Å²) in [5, 5.41) is 6.19. The molecular formula is C17H35N3O4. The van der Waals surface area contributed by atoms with E-state index in [1.807, 2.05) is 13.8 Å². The van der Waals surface area contributed by atoms with Crippen molar-refractivity contribution < 1.29 is 19.0 Å². The first-order chi connectivity index (χ1) is 11.7. The van der Waals surface area contributed by atoms with Crippen molar-refractivity contribution in [1.29, 1.82) is 0 Å². The van der Waals surface area contributed by atoms with Crippen molar-refractivity contribution in [1.82, 2.24) is 15.5 Å². The SMILES string of the molecule is CCC(C)C(=O)NCCOCCOCCOCCN1CCNCC1. The Balaban J connectivity index is 1.75. The maximum Gasteiger partial charge on any atom is 0.222 e. The minimum Gasteiger partial charge on any atom is -0.378 e. The van der Waals surface area contributed by atoms with Crippen LogP contribution in [0.25, 0.3) is 0 Å². The van der Waals surface area contributed by atoms with Crippen molar-refractivity contribution in [2.45, 2.75) is 20.3 Å². The topological polar surface area (TPSA) is 72.1 Å². The molecule has 0 aromatic heterocycles. The van der Waals surface area contributed by atoms with E-state index in [4.69, 9.17) is 14.2 Å². The third kappa shape index (κ3) is 10.9. The average molecular weight is 345 g/mol. The molecule has 0 spiro atoms. The highest BCUT2D eigenvalue weighted by atomic mass is 16.5. The van der Waals surface area contributed by atoms with Crippen LogP contribution in [-0.4, -0.2) is 89.7 Å². The van der Waals surface area contributed by atoms with E-state index < -0.39 is 0 Å². The van der Waals surface area contributed by atoms with Crippen LogP contribution in [0.3, 0.4) is 0 Å². The van der Waals surface area contributed by atoms with Gasteiger partial charge >= 0.3 is 0 Å². The first-order valence-corrected chi connectivity index (χ1v) is 9.18. The molecule has 142 valence electrons. The first kappa shape index (κ1) is 21.3.